The maximum Gasteiger partial charge on any atom is 0.259 e. The number of aliphatic hydroxyl groups is 1. The number of amides is 1. The molecule has 2 aromatic rings. The summed E-state index contributed by atoms with van der Waals surface area (Å²) in [4.78, 5) is 18.6. The molecule has 0 saturated carbocycles. The smallest absolute Gasteiger partial charge is 0.259 e. The number of aliphatic hydroxyl groups excluding tert-OH is 1. The van der Waals surface area contributed by atoms with Crippen LogP contribution in [0.4, 0.5) is 0 Å². The summed E-state index contributed by atoms with van der Waals surface area (Å²) in [6.45, 7) is 4.77. The van der Waals surface area contributed by atoms with Gasteiger partial charge in [0.2, 0.25) is 0 Å². The van der Waals surface area contributed by atoms with Gasteiger partial charge < -0.3 is 19.1 Å². The van der Waals surface area contributed by atoms with E-state index in [1.54, 1.807) is 20.0 Å². The van der Waals surface area contributed by atoms with Gasteiger partial charge in [-0.1, -0.05) is 5.16 Å². The van der Waals surface area contributed by atoms with Crippen LogP contribution < -0.4 is 0 Å². The van der Waals surface area contributed by atoms with Gasteiger partial charge in [0.25, 0.3) is 5.91 Å². The van der Waals surface area contributed by atoms with Crippen LogP contribution in [0, 0.1) is 19.8 Å². The zero-order chi connectivity index (χ0) is 16.6. The lowest BCUT2D eigenvalue weighted by Crippen LogP contribution is -2.40. The second-order valence-electron chi connectivity index (χ2n) is 6.17. The predicted molar refractivity (Wildman–Crippen MR) is 82.8 cm³/mol. The maximum atomic E-state index is 12.6. The molecule has 0 spiro atoms. The number of aryl methyl sites for hydroxylation is 3. The molecule has 1 fully saturated rings. The number of piperidine rings is 1. The molecule has 1 atom stereocenters. The van der Waals surface area contributed by atoms with E-state index in [9.17, 15) is 9.90 Å². The molecule has 0 radical (unpaired) electrons. The number of hydrogen-bond donors (Lipinski definition) is 1. The van der Waals surface area contributed by atoms with E-state index in [4.69, 9.17) is 4.52 Å². The van der Waals surface area contributed by atoms with Gasteiger partial charge in [0.1, 0.15) is 23.3 Å². The maximum absolute atomic E-state index is 12.6. The van der Waals surface area contributed by atoms with Crippen LogP contribution >= 0.6 is 0 Å². The lowest BCUT2D eigenvalue weighted by molar-refractivity contribution is 0.0419. The molecule has 0 bridgehead atoms. The van der Waals surface area contributed by atoms with E-state index >= 15 is 0 Å². The largest absolute Gasteiger partial charge is 0.385 e. The lowest BCUT2D eigenvalue weighted by Gasteiger charge is -2.34. The first-order valence-corrected chi connectivity index (χ1v) is 7.86. The summed E-state index contributed by atoms with van der Waals surface area (Å²) in [6, 6.07) is 0. The molecule has 7 heteroatoms. The quantitative estimate of drug-likeness (QED) is 0.929. The number of likely N-dealkylation sites (tertiary alicyclic amines) is 1. The van der Waals surface area contributed by atoms with Crippen LogP contribution in [-0.4, -0.2) is 43.7 Å². The third-order valence-electron chi connectivity index (χ3n) is 4.64. The molecule has 1 N–H and O–H groups in total. The highest BCUT2D eigenvalue weighted by atomic mass is 16.5. The van der Waals surface area contributed by atoms with Gasteiger partial charge in [0.15, 0.2) is 0 Å². The van der Waals surface area contributed by atoms with E-state index in [-0.39, 0.29) is 11.8 Å². The van der Waals surface area contributed by atoms with E-state index in [0.717, 1.165) is 12.8 Å². The summed E-state index contributed by atoms with van der Waals surface area (Å²) in [7, 11) is 1.88. The van der Waals surface area contributed by atoms with Crippen LogP contribution in [0.25, 0.3) is 0 Å². The van der Waals surface area contributed by atoms with Gasteiger partial charge in [-0.25, -0.2) is 4.98 Å². The van der Waals surface area contributed by atoms with E-state index in [2.05, 4.69) is 10.1 Å². The Morgan fingerprint density at radius 1 is 1.39 bits per heavy atom. The molecule has 3 rings (SSSR count). The average Bonchev–Trinajstić information content (AvgIpc) is 3.12. The molecule has 2 aromatic heterocycles. The Morgan fingerprint density at radius 2 is 2.09 bits per heavy atom. The topological polar surface area (TPSA) is 84.4 Å². The monoisotopic (exact) mass is 318 g/mol. The lowest BCUT2D eigenvalue weighted by atomic mass is 9.90. The number of aromatic nitrogens is 3. The molecule has 7 nitrogen and oxygen atoms in total. The van der Waals surface area contributed by atoms with Crippen LogP contribution in [0.2, 0.25) is 0 Å². The highest BCUT2D eigenvalue weighted by Gasteiger charge is 2.32. The molecule has 3 heterocycles. The molecular weight excluding hydrogens is 296 g/mol. The van der Waals surface area contributed by atoms with Crippen molar-refractivity contribution in [2.24, 2.45) is 13.0 Å². The number of carbonyl (C=O) groups is 1. The first kappa shape index (κ1) is 15.7. The first-order valence-electron chi connectivity index (χ1n) is 7.86. The fourth-order valence-electron chi connectivity index (χ4n) is 3.24. The average molecular weight is 318 g/mol. The van der Waals surface area contributed by atoms with Crippen LogP contribution in [0.3, 0.4) is 0 Å². The Hall–Kier alpha value is -2.15. The van der Waals surface area contributed by atoms with Gasteiger partial charge >= 0.3 is 0 Å². The normalized spacial score (nSPS) is 17.5. The summed E-state index contributed by atoms with van der Waals surface area (Å²) in [5.74, 6) is 1.32. The minimum absolute atomic E-state index is 0.0359. The second kappa shape index (κ2) is 6.16. The summed E-state index contributed by atoms with van der Waals surface area (Å²) in [6.07, 6.45) is 4.43. The van der Waals surface area contributed by atoms with Crippen molar-refractivity contribution in [1.82, 2.24) is 19.6 Å². The number of rotatable bonds is 3. The van der Waals surface area contributed by atoms with Gasteiger partial charge in [-0.05, 0) is 32.6 Å². The molecule has 124 valence electrons. The van der Waals surface area contributed by atoms with Crippen LogP contribution in [0.1, 0.15) is 46.6 Å². The molecule has 1 unspecified atom stereocenters. The Labute approximate surface area is 134 Å². The Balaban J connectivity index is 1.65. The van der Waals surface area contributed by atoms with Crippen LogP contribution in [0.15, 0.2) is 16.9 Å². The van der Waals surface area contributed by atoms with Gasteiger partial charge in [-0.3, -0.25) is 4.79 Å². The fourth-order valence-corrected chi connectivity index (χ4v) is 3.24. The minimum Gasteiger partial charge on any atom is -0.385 e. The van der Waals surface area contributed by atoms with Gasteiger partial charge in [0.05, 0.1) is 5.69 Å². The standard InChI is InChI=1S/C16H22N4O3/c1-10-13(11(2)23-18-10)16(22)20-7-4-12(5-8-20)14(21)15-17-6-9-19(15)3/h6,9,12,14,21H,4-5,7-8H2,1-3H3. The third-order valence-corrected chi connectivity index (χ3v) is 4.64. The predicted octanol–water partition coefficient (Wildman–Crippen LogP) is 1.61. The zero-order valence-corrected chi connectivity index (χ0v) is 13.7. The highest BCUT2D eigenvalue weighted by molar-refractivity contribution is 5.96. The van der Waals surface area contributed by atoms with E-state index in [1.807, 2.05) is 22.7 Å². The molecular formula is C16H22N4O3. The molecule has 1 amide bonds. The van der Waals surface area contributed by atoms with Crippen LogP contribution in [0.5, 0.6) is 0 Å². The van der Waals surface area contributed by atoms with Crippen molar-refractivity contribution in [2.45, 2.75) is 32.8 Å². The Kier molecular flexibility index (Phi) is 4.21. The van der Waals surface area contributed by atoms with Crippen LogP contribution in [-0.2, 0) is 7.05 Å². The van der Waals surface area contributed by atoms with Crippen molar-refractivity contribution >= 4 is 5.91 Å². The molecule has 1 aliphatic rings. The van der Waals surface area contributed by atoms with E-state index in [0.29, 0.717) is 35.9 Å². The van der Waals surface area contributed by atoms with Crippen molar-refractivity contribution in [3.05, 3.63) is 35.2 Å². The Bertz CT molecular complexity index is 678. The van der Waals surface area contributed by atoms with Crippen molar-refractivity contribution < 1.29 is 14.4 Å². The second-order valence-corrected chi connectivity index (χ2v) is 6.17. The first-order chi connectivity index (χ1) is 11.0. The molecule has 1 aliphatic heterocycles. The minimum atomic E-state index is -0.591. The fraction of sp³-hybridized carbons (Fsp3) is 0.562. The van der Waals surface area contributed by atoms with Crippen molar-refractivity contribution in [3.8, 4) is 0 Å². The summed E-state index contributed by atoms with van der Waals surface area (Å²) in [5.41, 5.74) is 1.19. The summed E-state index contributed by atoms with van der Waals surface area (Å²) < 4.78 is 6.92. The van der Waals surface area contributed by atoms with Gasteiger partial charge in [-0.2, -0.15) is 0 Å². The van der Waals surface area contributed by atoms with Crippen molar-refractivity contribution in [2.75, 3.05) is 13.1 Å². The van der Waals surface area contributed by atoms with Crippen molar-refractivity contribution in [3.63, 3.8) is 0 Å². The molecule has 0 aliphatic carbocycles. The van der Waals surface area contributed by atoms with Crippen molar-refractivity contribution in [1.29, 1.82) is 0 Å². The number of hydrogen-bond acceptors (Lipinski definition) is 5. The van der Waals surface area contributed by atoms with E-state index < -0.39 is 6.10 Å². The highest BCUT2D eigenvalue weighted by Crippen LogP contribution is 2.30. The van der Waals surface area contributed by atoms with Gasteiger partial charge in [-0.15, -0.1) is 0 Å². The molecule has 23 heavy (non-hydrogen) atoms. The third kappa shape index (κ3) is 2.88. The summed E-state index contributed by atoms with van der Waals surface area (Å²) >= 11 is 0. The van der Waals surface area contributed by atoms with E-state index in [1.165, 1.54) is 0 Å². The number of carbonyl (C=O) groups excluding carboxylic acids is 1. The number of imidazole rings is 1. The SMILES string of the molecule is Cc1noc(C)c1C(=O)N1CCC(C(O)c2nccn2C)CC1. The Morgan fingerprint density at radius 3 is 2.61 bits per heavy atom. The zero-order valence-electron chi connectivity index (χ0n) is 13.7. The molecule has 0 aromatic carbocycles. The van der Waals surface area contributed by atoms with Gasteiger partial charge in [0, 0.05) is 32.5 Å². The number of nitrogens with zero attached hydrogens (tertiary/aromatic N) is 4. The molecule has 1 saturated heterocycles. The summed E-state index contributed by atoms with van der Waals surface area (Å²) in [5, 5.41) is 14.3.